The van der Waals surface area contributed by atoms with Gasteiger partial charge in [0, 0.05) is 30.8 Å². The van der Waals surface area contributed by atoms with Crippen LogP contribution < -0.4 is 27.0 Å². The Morgan fingerprint density at radius 3 is 2.94 bits per heavy atom. The summed E-state index contributed by atoms with van der Waals surface area (Å²) < 4.78 is 0. The molecule has 1 aromatic carbocycles. The normalized spacial score (nSPS) is 14.9. The average Bonchev–Trinajstić information content (AvgIpc) is 2.82. The first kappa shape index (κ1) is 26.1. The zero-order chi connectivity index (χ0) is 25.4. The molecule has 0 aliphatic carbocycles. The quantitative estimate of drug-likeness (QED) is 0.226. The Morgan fingerprint density at radius 1 is 1.40 bits per heavy atom. The zero-order valence-corrected chi connectivity index (χ0v) is 20.6. The summed E-state index contributed by atoms with van der Waals surface area (Å²) in [4.78, 5) is 21.6. The molecule has 1 aliphatic rings. The third-order valence-corrected chi connectivity index (χ3v) is 5.92. The number of hydrogen-bond donors (Lipinski definition) is 6. The molecule has 0 saturated carbocycles. The fourth-order valence-electron chi connectivity index (χ4n) is 3.46. The van der Waals surface area contributed by atoms with E-state index < -0.39 is 5.60 Å². The molecule has 1 amide bonds. The molecule has 9 heteroatoms. The molecular formula is C26H36N7O2+. The van der Waals surface area contributed by atoms with Gasteiger partial charge >= 0.3 is 0 Å². The molecule has 9 nitrogen and oxygen atoms in total. The lowest BCUT2D eigenvalue weighted by Crippen LogP contribution is -2.79. The van der Waals surface area contributed by atoms with Gasteiger partial charge < -0.3 is 26.8 Å². The van der Waals surface area contributed by atoms with Gasteiger partial charge in [0.2, 0.25) is 17.6 Å². The molecule has 0 bridgehead atoms. The highest BCUT2D eigenvalue weighted by atomic mass is 16.3. The van der Waals surface area contributed by atoms with Crippen LogP contribution in [0.2, 0.25) is 0 Å². The number of nitrogens with one attached hydrogen (secondary N) is 3. The minimum absolute atomic E-state index is 0.0611. The Morgan fingerprint density at radius 2 is 2.20 bits per heavy atom. The lowest BCUT2D eigenvalue weighted by atomic mass is 9.93. The third-order valence-electron chi connectivity index (χ3n) is 5.92. The number of rotatable bonds is 10. The molecular weight excluding hydrogens is 442 g/mol. The van der Waals surface area contributed by atoms with Crippen LogP contribution in [0.5, 0.6) is 0 Å². The lowest BCUT2D eigenvalue weighted by molar-refractivity contribution is -0.523. The van der Waals surface area contributed by atoms with E-state index in [4.69, 9.17) is 5.73 Å². The maximum Gasteiger partial charge on any atom is 0.261 e. The van der Waals surface area contributed by atoms with E-state index in [1.54, 1.807) is 37.4 Å². The number of anilines is 2. The molecule has 35 heavy (non-hydrogen) atoms. The topological polar surface area (TPSA) is 142 Å². The van der Waals surface area contributed by atoms with Gasteiger partial charge in [0.05, 0.1) is 11.8 Å². The van der Waals surface area contributed by atoms with Crippen molar-refractivity contribution < 1.29 is 15.2 Å². The second kappa shape index (κ2) is 11.7. The summed E-state index contributed by atoms with van der Waals surface area (Å²) in [7, 11) is 0. The number of aromatic nitrogens is 2. The van der Waals surface area contributed by atoms with Crippen molar-refractivity contribution in [3.63, 3.8) is 0 Å². The number of carbonyl (C=O) groups is 1. The molecule has 1 aliphatic heterocycles. The first-order valence-corrected chi connectivity index (χ1v) is 11.7. The van der Waals surface area contributed by atoms with Crippen molar-refractivity contribution >= 4 is 23.4 Å². The highest BCUT2D eigenvalue weighted by Gasteiger charge is 2.20. The minimum atomic E-state index is -0.834. The molecule has 0 saturated heterocycles. The number of carbonyl (C=O) groups excluding carboxylic acids is 1. The molecule has 0 spiro atoms. The molecule has 1 unspecified atom stereocenters. The van der Waals surface area contributed by atoms with Crippen molar-refractivity contribution in [3.8, 4) is 0 Å². The third kappa shape index (κ3) is 7.48. The van der Waals surface area contributed by atoms with Crippen LogP contribution in [0.3, 0.4) is 0 Å². The van der Waals surface area contributed by atoms with Gasteiger partial charge in [-0.25, -0.2) is 10.3 Å². The number of aliphatic hydroxyl groups is 1. The van der Waals surface area contributed by atoms with E-state index in [0.29, 0.717) is 29.7 Å². The monoisotopic (exact) mass is 478 g/mol. The molecule has 2 aromatic rings. The molecule has 186 valence electrons. The van der Waals surface area contributed by atoms with E-state index in [0.717, 1.165) is 25.2 Å². The van der Waals surface area contributed by atoms with Gasteiger partial charge in [-0.3, -0.25) is 4.79 Å². The molecule has 2 heterocycles. The van der Waals surface area contributed by atoms with Crippen LogP contribution in [0.15, 0.2) is 61.1 Å². The van der Waals surface area contributed by atoms with E-state index in [9.17, 15) is 9.90 Å². The fourth-order valence-corrected chi connectivity index (χ4v) is 3.46. The lowest BCUT2D eigenvalue weighted by Gasteiger charge is -2.22. The summed E-state index contributed by atoms with van der Waals surface area (Å²) in [6.07, 6.45) is 9.42. The summed E-state index contributed by atoms with van der Waals surface area (Å²) in [6, 6.07) is 6.19. The zero-order valence-electron chi connectivity index (χ0n) is 20.6. The molecule has 0 radical (unpaired) electrons. The predicted octanol–water partition coefficient (Wildman–Crippen LogP) is 1.74. The molecule has 0 fully saturated rings. The summed E-state index contributed by atoms with van der Waals surface area (Å²) in [5.41, 5.74) is 9.14. The fraction of sp³-hybridized carbons (Fsp3) is 0.346. The van der Waals surface area contributed by atoms with E-state index in [2.05, 4.69) is 44.6 Å². The largest absolute Gasteiger partial charge is 0.390 e. The Balaban J connectivity index is 1.83. The van der Waals surface area contributed by atoms with Gasteiger partial charge in [-0.1, -0.05) is 31.2 Å². The van der Waals surface area contributed by atoms with E-state index in [-0.39, 0.29) is 11.8 Å². The maximum atomic E-state index is 12.7. The number of quaternary nitrogens is 1. The van der Waals surface area contributed by atoms with Crippen LogP contribution in [0, 0.1) is 5.92 Å². The van der Waals surface area contributed by atoms with Crippen molar-refractivity contribution in [2.45, 2.75) is 39.3 Å². The Hall–Kier alpha value is -3.53. The summed E-state index contributed by atoms with van der Waals surface area (Å²) in [5.74, 6) is 0.790. The predicted molar refractivity (Wildman–Crippen MR) is 138 cm³/mol. The first-order chi connectivity index (χ1) is 16.7. The number of allylic oxidation sites excluding steroid dienone is 2. The van der Waals surface area contributed by atoms with Gasteiger partial charge in [0.25, 0.3) is 5.91 Å². The molecule has 1 atom stereocenters. The summed E-state index contributed by atoms with van der Waals surface area (Å²) >= 11 is 0. The maximum absolute atomic E-state index is 12.7. The number of nitrogens with zero attached hydrogens (tertiary/aromatic N) is 2. The van der Waals surface area contributed by atoms with Crippen LogP contribution in [0.1, 0.15) is 42.3 Å². The number of hydrogen-bond acceptors (Lipinski definition) is 7. The van der Waals surface area contributed by atoms with Crippen molar-refractivity contribution in [2.24, 2.45) is 11.7 Å². The highest BCUT2D eigenvalue weighted by Crippen LogP contribution is 2.22. The van der Waals surface area contributed by atoms with Crippen molar-refractivity contribution in [2.75, 3.05) is 18.4 Å². The average molecular weight is 479 g/mol. The summed E-state index contributed by atoms with van der Waals surface area (Å²) in [5, 5.41) is 21.1. The van der Waals surface area contributed by atoms with E-state index in [1.807, 2.05) is 19.1 Å². The first-order valence-electron chi connectivity index (χ1n) is 11.7. The summed E-state index contributed by atoms with van der Waals surface area (Å²) in [6.45, 7) is 11.2. The second-order valence-corrected chi connectivity index (χ2v) is 9.16. The van der Waals surface area contributed by atoms with E-state index in [1.165, 1.54) is 17.3 Å². The van der Waals surface area contributed by atoms with E-state index >= 15 is 0 Å². The van der Waals surface area contributed by atoms with Crippen LogP contribution in [-0.4, -0.2) is 39.7 Å². The van der Waals surface area contributed by atoms with Crippen LogP contribution in [0.4, 0.5) is 17.5 Å². The van der Waals surface area contributed by atoms with Gasteiger partial charge in [0.1, 0.15) is 5.56 Å². The number of nitrogens with two attached hydrogens (primary N) is 2. The van der Waals surface area contributed by atoms with Gasteiger partial charge in [0.15, 0.2) is 0 Å². The Kier molecular flexibility index (Phi) is 8.75. The smallest absolute Gasteiger partial charge is 0.261 e. The van der Waals surface area contributed by atoms with Crippen molar-refractivity contribution in [1.29, 1.82) is 0 Å². The Bertz CT molecular complexity index is 1120. The molecule has 3 rings (SSSR count). The standard InChI is InChI=1S/C26H35N7O2/c1-5-12-29-24(34)21-16-30-25(31-20-10-9-19-15-28-13-11-18(19)14-20)33-23(21)32-22(27)8-6-7-17(2)26(3,4)35/h5-10,14,16-17,28,35H,1,11-13,15,27H2,2-4H3,(H,29,34)(H2,30,31,32,33)/p+1/b7-6-,22-8+. The number of amides is 1. The van der Waals surface area contributed by atoms with Crippen LogP contribution in [-0.2, 0) is 13.0 Å². The van der Waals surface area contributed by atoms with Gasteiger partial charge in [-0.2, -0.15) is 4.98 Å². The van der Waals surface area contributed by atoms with Gasteiger partial charge in [-0.15, -0.1) is 6.58 Å². The second-order valence-electron chi connectivity index (χ2n) is 9.16. The molecule has 8 N–H and O–H groups in total. The number of fused-ring (bicyclic) bond motifs is 1. The van der Waals surface area contributed by atoms with Crippen LogP contribution >= 0.6 is 0 Å². The number of benzene rings is 1. The highest BCUT2D eigenvalue weighted by molar-refractivity contribution is 5.97. The van der Waals surface area contributed by atoms with Gasteiger partial charge in [-0.05, 0) is 50.1 Å². The van der Waals surface area contributed by atoms with Crippen LogP contribution in [0.25, 0.3) is 0 Å². The minimum Gasteiger partial charge on any atom is -0.390 e. The SMILES string of the molecule is C=CCNC(=O)c1cnc(Nc2ccc3c(c2)CCNC3)nc1[NH2+]/C(N)=C/C=C\C(C)C(C)(C)O. The van der Waals surface area contributed by atoms with Crippen molar-refractivity contribution in [1.82, 2.24) is 20.6 Å². The molecule has 1 aromatic heterocycles. The Labute approximate surface area is 206 Å². The van der Waals surface area contributed by atoms with Crippen molar-refractivity contribution in [3.05, 3.63) is 77.8 Å².